The molecule has 3 N–H and O–H groups in total. The molecule has 3 rings (SSSR count). The van der Waals surface area contributed by atoms with Gasteiger partial charge in [0.15, 0.2) is 0 Å². The van der Waals surface area contributed by atoms with E-state index in [1.54, 1.807) is 0 Å². The predicted octanol–water partition coefficient (Wildman–Crippen LogP) is 2.42. The van der Waals surface area contributed by atoms with Crippen molar-refractivity contribution in [3.63, 3.8) is 0 Å². The van der Waals surface area contributed by atoms with Gasteiger partial charge in [-0.25, -0.2) is 4.79 Å². The third kappa shape index (κ3) is 3.70. The second kappa shape index (κ2) is 8.01. The largest absolute Gasteiger partial charge is 0.468 e. The summed E-state index contributed by atoms with van der Waals surface area (Å²) in [7, 11) is 1.28. The highest BCUT2D eigenvalue weighted by molar-refractivity contribution is 5.79. The average molecular weight is 354 g/mol. The van der Waals surface area contributed by atoms with Gasteiger partial charge in [-0.05, 0) is 28.7 Å². The number of hydrogen-bond acceptors (Lipinski definition) is 5. The summed E-state index contributed by atoms with van der Waals surface area (Å²) in [5.74, 6) is -0.482. The fraction of sp³-hybridized carbons (Fsp3) is 0.300. The number of methoxy groups -OCH3 is 1. The summed E-state index contributed by atoms with van der Waals surface area (Å²) in [4.78, 5) is 23.2. The Hall–Kier alpha value is -2.86. The van der Waals surface area contributed by atoms with Gasteiger partial charge in [0, 0.05) is 12.5 Å². The van der Waals surface area contributed by atoms with Crippen LogP contribution in [-0.4, -0.2) is 38.4 Å². The number of nitrogens with two attached hydrogens (primary N) is 1. The lowest BCUT2D eigenvalue weighted by Gasteiger charge is -2.15. The fourth-order valence-electron chi connectivity index (χ4n) is 3.25. The second-order valence-electron chi connectivity index (χ2n) is 6.17. The van der Waals surface area contributed by atoms with E-state index >= 15 is 0 Å². The van der Waals surface area contributed by atoms with Crippen LogP contribution in [0.3, 0.4) is 0 Å². The van der Waals surface area contributed by atoms with E-state index in [1.807, 2.05) is 24.3 Å². The summed E-state index contributed by atoms with van der Waals surface area (Å²) in [6.45, 7) is 0.496. The van der Waals surface area contributed by atoms with Gasteiger partial charge in [0.1, 0.15) is 12.6 Å². The van der Waals surface area contributed by atoms with Crippen molar-refractivity contribution < 1.29 is 19.1 Å². The minimum absolute atomic E-state index is 0.0190. The number of nitrogens with one attached hydrogen (secondary N) is 1. The van der Waals surface area contributed by atoms with Gasteiger partial charge >= 0.3 is 12.1 Å². The molecule has 0 aliphatic heterocycles. The number of fused-ring (bicyclic) bond motifs is 3. The maximum atomic E-state index is 12.0. The third-order valence-corrected chi connectivity index (χ3v) is 4.57. The molecule has 0 spiro atoms. The summed E-state index contributed by atoms with van der Waals surface area (Å²) in [5.41, 5.74) is 10.3. The molecule has 6 heteroatoms. The number of carbonyl (C=O) groups excluding carboxylic acids is 2. The van der Waals surface area contributed by atoms with E-state index < -0.39 is 18.1 Å². The molecule has 1 aliphatic carbocycles. The molecule has 2 aromatic carbocycles. The van der Waals surface area contributed by atoms with Gasteiger partial charge in [-0.1, -0.05) is 48.5 Å². The number of ether oxygens (including phenoxy) is 2. The van der Waals surface area contributed by atoms with Crippen LogP contribution >= 0.6 is 0 Å². The Bertz CT molecular complexity index is 760. The monoisotopic (exact) mass is 354 g/mol. The van der Waals surface area contributed by atoms with Crippen molar-refractivity contribution >= 4 is 12.1 Å². The highest BCUT2D eigenvalue weighted by Gasteiger charge is 2.28. The van der Waals surface area contributed by atoms with Crippen LogP contribution in [0.25, 0.3) is 11.1 Å². The molecule has 0 saturated heterocycles. The first-order valence-electron chi connectivity index (χ1n) is 8.54. The van der Waals surface area contributed by atoms with Crippen LogP contribution in [0, 0.1) is 0 Å². The highest BCUT2D eigenvalue weighted by Crippen LogP contribution is 2.44. The van der Waals surface area contributed by atoms with Crippen molar-refractivity contribution in [3.8, 4) is 11.1 Å². The zero-order valence-electron chi connectivity index (χ0n) is 14.6. The number of alkyl carbamates (subject to hydrolysis) is 1. The molecule has 136 valence electrons. The second-order valence-corrected chi connectivity index (χ2v) is 6.17. The molecule has 1 amide bonds. The lowest BCUT2D eigenvalue weighted by Crippen LogP contribution is -2.36. The Morgan fingerprint density at radius 3 is 2.23 bits per heavy atom. The molecule has 6 nitrogen and oxygen atoms in total. The van der Waals surface area contributed by atoms with Crippen LogP contribution in [0.2, 0.25) is 0 Å². The fourth-order valence-corrected chi connectivity index (χ4v) is 3.25. The van der Waals surface area contributed by atoms with Crippen molar-refractivity contribution in [2.24, 2.45) is 5.73 Å². The van der Waals surface area contributed by atoms with Gasteiger partial charge in [0.05, 0.1) is 7.11 Å². The van der Waals surface area contributed by atoms with E-state index in [4.69, 9.17) is 10.5 Å². The van der Waals surface area contributed by atoms with Gasteiger partial charge < -0.3 is 20.5 Å². The lowest BCUT2D eigenvalue weighted by molar-refractivity contribution is -0.142. The molecule has 26 heavy (non-hydrogen) atoms. The molecule has 0 aromatic heterocycles. The zero-order chi connectivity index (χ0) is 18.5. The predicted molar refractivity (Wildman–Crippen MR) is 97.7 cm³/mol. The van der Waals surface area contributed by atoms with E-state index in [-0.39, 0.29) is 25.5 Å². The Kier molecular flexibility index (Phi) is 5.53. The maximum absolute atomic E-state index is 12.0. The first-order valence-corrected chi connectivity index (χ1v) is 8.54. The minimum atomic E-state index is -0.756. The van der Waals surface area contributed by atoms with E-state index in [2.05, 4.69) is 34.3 Å². The molecule has 0 bridgehead atoms. The number of hydrogen-bond donors (Lipinski definition) is 2. The van der Waals surface area contributed by atoms with Crippen LogP contribution in [0.1, 0.15) is 23.5 Å². The summed E-state index contributed by atoms with van der Waals surface area (Å²) >= 11 is 0. The Labute approximate surface area is 152 Å². The van der Waals surface area contributed by atoms with Crippen molar-refractivity contribution in [2.75, 3.05) is 20.3 Å². The smallest absolute Gasteiger partial charge is 0.407 e. The zero-order valence-corrected chi connectivity index (χ0v) is 14.6. The first kappa shape index (κ1) is 17.9. The number of carbonyl (C=O) groups is 2. The van der Waals surface area contributed by atoms with Crippen molar-refractivity contribution in [2.45, 2.75) is 18.4 Å². The molecule has 0 saturated carbocycles. The normalized spacial score (nSPS) is 13.5. The van der Waals surface area contributed by atoms with Gasteiger partial charge in [-0.3, -0.25) is 4.79 Å². The summed E-state index contributed by atoms with van der Waals surface area (Å²) < 4.78 is 9.94. The van der Waals surface area contributed by atoms with Crippen molar-refractivity contribution in [1.29, 1.82) is 0 Å². The minimum Gasteiger partial charge on any atom is -0.468 e. The third-order valence-electron chi connectivity index (χ3n) is 4.57. The molecule has 0 unspecified atom stereocenters. The standard InChI is InChI=1S/C20H22N2O4/c1-25-19(23)18(21)10-11-22-20(24)26-12-17-15-8-4-2-6-13(15)14-7-3-5-9-16(14)17/h2-9,17-18H,10-12,21H2,1H3,(H,22,24)/t18-/m0/s1. The van der Waals surface area contributed by atoms with Crippen LogP contribution in [0.15, 0.2) is 48.5 Å². The molecule has 2 aromatic rings. The molecular weight excluding hydrogens is 332 g/mol. The number of amides is 1. The molecule has 0 radical (unpaired) electrons. The summed E-state index contributed by atoms with van der Waals surface area (Å²) in [6.07, 6.45) is -0.236. The molecule has 1 atom stereocenters. The van der Waals surface area contributed by atoms with E-state index in [0.717, 1.165) is 11.1 Å². The molecule has 0 heterocycles. The van der Waals surface area contributed by atoms with E-state index in [1.165, 1.54) is 18.2 Å². The van der Waals surface area contributed by atoms with Crippen molar-refractivity contribution in [3.05, 3.63) is 59.7 Å². The van der Waals surface area contributed by atoms with Crippen molar-refractivity contribution in [1.82, 2.24) is 5.32 Å². The van der Waals surface area contributed by atoms with Gasteiger partial charge in [-0.2, -0.15) is 0 Å². The van der Waals surface area contributed by atoms with Gasteiger partial charge in [0.2, 0.25) is 0 Å². The SMILES string of the molecule is COC(=O)[C@@H](N)CCNC(=O)OCC1c2ccccc2-c2ccccc21. The number of benzene rings is 2. The van der Waals surface area contributed by atoms with E-state index in [0.29, 0.717) is 0 Å². The summed E-state index contributed by atoms with van der Waals surface area (Å²) in [6, 6.07) is 15.6. The number of esters is 1. The van der Waals surface area contributed by atoms with E-state index in [9.17, 15) is 9.59 Å². The molecule has 1 aliphatic rings. The van der Waals surface area contributed by atoms with Gasteiger partial charge in [0.25, 0.3) is 0 Å². The molecular formula is C20H22N2O4. The highest BCUT2D eigenvalue weighted by atomic mass is 16.5. The quantitative estimate of drug-likeness (QED) is 0.778. The average Bonchev–Trinajstić information content (AvgIpc) is 2.99. The van der Waals surface area contributed by atoms with Crippen LogP contribution in [-0.2, 0) is 14.3 Å². The first-order chi connectivity index (χ1) is 12.6. The summed E-state index contributed by atoms with van der Waals surface area (Å²) in [5, 5.41) is 2.62. The number of rotatable bonds is 6. The van der Waals surface area contributed by atoms with Crippen LogP contribution in [0.4, 0.5) is 4.79 Å². The lowest BCUT2D eigenvalue weighted by atomic mass is 9.98. The van der Waals surface area contributed by atoms with Crippen LogP contribution < -0.4 is 11.1 Å². The van der Waals surface area contributed by atoms with Gasteiger partial charge in [-0.15, -0.1) is 0 Å². The van der Waals surface area contributed by atoms with Crippen LogP contribution in [0.5, 0.6) is 0 Å². The Morgan fingerprint density at radius 1 is 1.08 bits per heavy atom. The Morgan fingerprint density at radius 2 is 1.65 bits per heavy atom. The molecule has 0 fully saturated rings. The maximum Gasteiger partial charge on any atom is 0.407 e. The Balaban J connectivity index is 1.56. The topological polar surface area (TPSA) is 90.6 Å².